The predicted molar refractivity (Wildman–Crippen MR) is 112 cm³/mol. The molecule has 1 radical (unpaired) electrons. The van der Waals surface area contributed by atoms with Gasteiger partial charge in [-0.1, -0.05) is 62.6 Å². The van der Waals surface area contributed by atoms with Crippen LogP contribution in [0.1, 0.15) is 72.1 Å². The smallest absolute Gasteiger partial charge is 0 e. The molecule has 143 valence electrons. The average Bonchev–Trinajstić information content (AvgIpc) is 2.63. The van der Waals surface area contributed by atoms with Crippen molar-refractivity contribution in [3.8, 4) is 0 Å². The summed E-state index contributed by atoms with van der Waals surface area (Å²) in [5, 5.41) is 0. The minimum Gasteiger partial charge on any atom is -0.400 e. The number of benzene rings is 1. The zero-order valence-corrected chi connectivity index (χ0v) is 23.9. The van der Waals surface area contributed by atoms with Crippen LogP contribution < -0.4 is 0 Å². The molecule has 1 aromatic carbocycles. The van der Waals surface area contributed by atoms with E-state index in [-0.39, 0.29) is 53.8 Å². The van der Waals surface area contributed by atoms with Crippen molar-refractivity contribution in [3.63, 3.8) is 0 Å². The first-order valence-electron chi connectivity index (χ1n) is 8.88. The Balaban J connectivity index is -0.000000376. The Labute approximate surface area is 203 Å². The van der Waals surface area contributed by atoms with Crippen LogP contribution in [0.5, 0.6) is 0 Å². The summed E-state index contributed by atoms with van der Waals surface area (Å²) in [6, 6.07) is 7.33. The number of hydrogen-bond acceptors (Lipinski definition) is 0. The van der Waals surface area contributed by atoms with E-state index >= 15 is 0 Å². The maximum Gasteiger partial charge on any atom is 0 e. The van der Waals surface area contributed by atoms with Gasteiger partial charge in [-0.3, -0.25) is 17.7 Å². The quantitative estimate of drug-likeness (QED) is 0.247. The first-order chi connectivity index (χ1) is 11.5. The van der Waals surface area contributed by atoms with Gasteiger partial charge in [-0.25, -0.2) is 17.7 Å². The third kappa shape index (κ3) is 13.1. The number of aryl methyl sites for hydroxylation is 1. The van der Waals surface area contributed by atoms with Crippen molar-refractivity contribution >= 4 is 5.57 Å². The second-order valence-corrected chi connectivity index (χ2v) is 4.97. The summed E-state index contributed by atoms with van der Waals surface area (Å²) >= 11 is 0. The van der Waals surface area contributed by atoms with E-state index in [1.54, 1.807) is 6.08 Å². The average molecular weight is 596 g/mol. The van der Waals surface area contributed by atoms with Crippen molar-refractivity contribution in [2.24, 2.45) is 0 Å². The summed E-state index contributed by atoms with van der Waals surface area (Å²) in [6.07, 6.45) is 11.2. The summed E-state index contributed by atoms with van der Waals surface area (Å²) in [6.45, 7) is 22.3. The summed E-state index contributed by atoms with van der Waals surface area (Å²) in [5.41, 5.74) is 7.24. The second kappa shape index (κ2) is 21.1. The van der Waals surface area contributed by atoms with E-state index in [1.807, 2.05) is 33.8 Å². The molecular formula is C24H35WY-3. The molecule has 0 bridgehead atoms. The van der Waals surface area contributed by atoms with Crippen molar-refractivity contribution < 1.29 is 53.8 Å². The first-order valence-corrected chi connectivity index (χ1v) is 8.88. The molecule has 1 rings (SSSR count). The van der Waals surface area contributed by atoms with Gasteiger partial charge in [0.1, 0.15) is 0 Å². The van der Waals surface area contributed by atoms with Crippen molar-refractivity contribution in [1.82, 2.24) is 0 Å². The van der Waals surface area contributed by atoms with E-state index < -0.39 is 0 Å². The number of hydrogen-bond donors (Lipinski definition) is 0. The molecule has 0 unspecified atom stereocenters. The van der Waals surface area contributed by atoms with Gasteiger partial charge in [-0.15, -0.1) is 6.92 Å². The van der Waals surface area contributed by atoms with E-state index in [0.29, 0.717) is 0 Å². The molecule has 0 aliphatic rings. The molecule has 0 aliphatic carbocycles. The molecule has 0 saturated heterocycles. The molecule has 0 amide bonds. The van der Waals surface area contributed by atoms with E-state index in [4.69, 9.17) is 0 Å². The molecular weight excluding hydrogens is 561 g/mol. The van der Waals surface area contributed by atoms with Gasteiger partial charge in [0.25, 0.3) is 0 Å². The van der Waals surface area contributed by atoms with Gasteiger partial charge < -0.3 is 13.0 Å². The fourth-order valence-electron chi connectivity index (χ4n) is 1.85. The molecule has 0 aromatic heterocycles. The Morgan fingerprint density at radius 2 is 1.62 bits per heavy atom. The van der Waals surface area contributed by atoms with E-state index in [9.17, 15) is 0 Å². The predicted octanol–water partition coefficient (Wildman–Crippen LogP) is 7.70. The molecule has 0 spiro atoms. The fourth-order valence-corrected chi connectivity index (χ4v) is 1.85. The second-order valence-electron chi connectivity index (χ2n) is 4.97. The van der Waals surface area contributed by atoms with Gasteiger partial charge in [0, 0.05) is 53.8 Å². The van der Waals surface area contributed by atoms with Gasteiger partial charge >= 0.3 is 0 Å². The monoisotopic (exact) mass is 596 g/mol. The Morgan fingerprint density at radius 1 is 1.08 bits per heavy atom. The van der Waals surface area contributed by atoms with E-state index in [0.717, 1.165) is 5.56 Å². The van der Waals surface area contributed by atoms with Crippen molar-refractivity contribution in [2.45, 2.75) is 62.3 Å². The molecule has 26 heavy (non-hydrogen) atoms. The Morgan fingerprint density at radius 3 is 2.08 bits per heavy atom. The van der Waals surface area contributed by atoms with Crippen molar-refractivity contribution in [1.29, 1.82) is 0 Å². The zero-order valence-electron chi connectivity index (χ0n) is 18.2. The molecule has 0 saturated carbocycles. The van der Waals surface area contributed by atoms with Crippen LogP contribution in [0.25, 0.3) is 5.57 Å². The molecule has 0 N–H and O–H groups in total. The van der Waals surface area contributed by atoms with Crippen LogP contribution >= 0.6 is 0 Å². The van der Waals surface area contributed by atoms with Crippen LogP contribution in [0.3, 0.4) is 0 Å². The van der Waals surface area contributed by atoms with Gasteiger partial charge in [0.2, 0.25) is 0 Å². The Bertz CT molecular complexity index is 590. The topological polar surface area (TPSA) is 0 Å². The summed E-state index contributed by atoms with van der Waals surface area (Å²) < 4.78 is 0. The standard InChI is InChI=1S/C20H23.2C2H6.W.Y/c1-7-9-19-13-12-17(5)20(14-19)18(6)16(4)11-10-15(3)8-2;2*1-2;;/h7-8,10-12,14H,1H2,2-6H3;2*1-2H3;;/q-3;;;;. The normalized spacial score (nSPS) is 11.3. The third-order valence-electron chi connectivity index (χ3n) is 3.46. The molecule has 0 heterocycles. The number of rotatable bonds is 4. The molecule has 0 atom stereocenters. The maximum atomic E-state index is 3.69. The summed E-state index contributed by atoms with van der Waals surface area (Å²) in [7, 11) is 0. The van der Waals surface area contributed by atoms with Gasteiger partial charge in [0.05, 0.1) is 0 Å². The van der Waals surface area contributed by atoms with Gasteiger partial charge in [0.15, 0.2) is 0 Å². The zero-order chi connectivity index (χ0) is 19.1. The van der Waals surface area contributed by atoms with Crippen molar-refractivity contribution in [2.75, 3.05) is 0 Å². The molecule has 0 aliphatic heterocycles. The van der Waals surface area contributed by atoms with Crippen LogP contribution in [0.15, 0.2) is 47.6 Å². The van der Waals surface area contributed by atoms with E-state index in [2.05, 4.69) is 78.0 Å². The minimum absolute atomic E-state index is 0. The summed E-state index contributed by atoms with van der Waals surface area (Å²) in [4.78, 5) is 0. The molecule has 0 fully saturated rings. The largest absolute Gasteiger partial charge is 0.400 e. The van der Waals surface area contributed by atoms with Crippen LogP contribution in [0.4, 0.5) is 0 Å². The SMILES string of the molecule is CC.CC.[CH2-]C=[C-]c1[c-]cc(C)c(C(C)=C(C)C=CC(C)=CC)c1.[W].[Y]. The molecule has 1 aromatic rings. The fraction of sp³-hybridized carbons (Fsp3) is 0.375. The molecule has 2 heteroatoms. The van der Waals surface area contributed by atoms with E-state index in [1.165, 1.54) is 27.8 Å². The minimum atomic E-state index is 0. The Hall–Kier alpha value is -0.158. The van der Waals surface area contributed by atoms with Crippen LogP contribution in [0, 0.1) is 26.0 Å². The Kier molecular flexibility index (Phi) is 27.2. The van der Waals surface area contributed by atoms with Gasteiger partial charge in [-0.2, -0.15) is 5.56 Å². The van der Waals surface area contributed by atoms with Crippen LogP contribution in [-0.4, -0.2) is 0 Å². The number of allylic oxidation sites excluding steroid dienone is 7. The third-order valence-corrected chi connectivity index (χ3v) is 3.46. The first kappa shape index (κ1) is 33.4. The van der Waals surface area contributed by atoms with Crippen LogP contribution in [-0.2, 0) is 53.8 Å². The molecule has 0 nitrogen and oxygen atoms in total. The van der Waals surface area contributed by atoms with Crippen molar-refractivity contribution in [3.05, 3.63) is 83.3 Å². The summed E-state index contributed by atoms with van der Waals surface area (Å²) in [5.74, 6) is 0. The van der Waals surface area contributed by atoms with Crippen LogP contribution in [0.2, 0.25) is 0 Å². The maximum absolute atomic E-state index is 3.69. The van der Waals surface area contributed by atoms with Gasteiger partial charge in [-0.05, 0) is 27.7 Å².